The predicted molar refractivity (Wildman–Crippen MR) is 96.4 cm³/mol. The molecule has 0 fully saturated rings. The van der Waals surface area contributed by atoms with Crippen LogP contribution in [0.4, 0.5) is 10.1 Å². The summed E-state index contributed by atoms with van der Waals surface area (Å²) >= 11 is 0. The van der Waals surface area contributed by atoms with Crippen molar-refractivity contribution in [2.75, 3.05) is 24.7 Å². The number of nitrogens with one attached hydrogen (secondary N) is 1. The first kappa shape index (κ1) is 19.7. The van der Waals surface area contributed by atoms with Gasteiger partial charge in [0.05, 0.1) is 19.9 Å². The first-order valence-electron chi connectivity index (χ1n) is 7.73. The second-order valence-electron chi connectivity index (χ2n) is 5.74. The van der Waals surface area contributed by atoms with Crippen LogP contribution in [0.5, 0.6) is 5.75 Å². The van der Waals surface area contributed by atoms with Crippen LogP contribution in [-0.4, -0.2) is 34.4 Å². The minimum atomic E-state index is -3.90. The van der Waals surface area contributed by atoms with Crippen molar-refractivity contribution in [1.29, 1.82) is 0 Å². The van der Waals surface area contributed by atoms with Crippen LogP contribution in [0.25, 0.3) is 0 Å². The Morgan fingerprint density at radius 2 is 1.88 bits per heavy atom. The molecule has 140 valence electrons. The average molecular weight is 381 g/mol. The molecule has 2 aromatic rings. The van der Waals surface area contributed by atoms with Gasteiger partial charge in [-0.05, 0) is 42.7 Å². The molecule has 0 amide bonds. The lowest BCUT2D eigenvalue weighted by atomic mass is 10.0. The minimum absolute atomic E-state index is 0.114. The van der Waals surface area contributed by atoms with E-state index in [4.69, 9.17) is 4.74 Å². The molecule has 26 heavy (non-hydrogen) atoms. The third-order valence-corrected chi connectivity index (χ3v) is 4.82. The van der Waals surface area contributed by atoms with E-state index in [1.165, 1.54) is 13.2 Å². The van der Waals surface area contributed by atoms with E-state index in [0.717, 1.165) is 18.2 Å². The van der Waals surface area contributed by atoms with Gasteiger partial charge in [0.2, 0.25) is 10.0 Å². The lowest BCUT2D eigenvalue weighted by molar-refractivity contribution is -0.137. The lowest BCUT2D eigenvalue weighted by Crippen LogP contribution is -2.24. The van der Waals surface area contributed by atoms with Crippen molar-refractivity contribution < 1.29 is 27.1 Å². The highest BCUT2D eigenvalue weighted by molar-refractivity contribution is 7.93. The van der Waals surface area contributed by atoms with Crippen LogP contribution < -0.4 is 9.46 Å². The van der Waals surface area contributed by atoms with Crippen LogP contribution in [0.15, 0.2) is 36.4 Å². The number of carbonyl (C=O) groups excluding carboxylic acids is 1. The molecule has 0 radical (unpaired) electrons. The summed E-state index contributed by atoms with van der Waals surface area (Å²) < 4.78 is 49.6. The molecule has 6 nitrogen and oxygen atoms in total. The first-order valence-corrected chi connectivity index (χ1v) is 9.38. The molecule has 0 saturated carbocycles. The fraction of sp³-hybridized carbons (Fsp3) is 0.278. The van der Waals surface area contributed by atoms with Crippen molar-refractivity contribution in [2.45, 2.75) is 13.3 Å². The van der Waals surface area contributed by atoms with Gasteiger partial charge >= 0.3 is 5.97 Å². The standard InChI is InChI=1S/C18H20FNO5S/c1-12-4-7-16(20-26(22,23)11-18(21)25-3)14(8-12)9-13-5-6-15(19)17(10-13)24-2/h4-8,10,20H,9,11H2,1-3H3. The van der Waals surface area contributed by atoms with Crippen molar-refractivity contribution in [3.05, 3.63) is 58.9 Å². The largest absolute Gasteiger partial charge is 0.494 e. The summed E-state index contributed by atoms with van der Waals surface area (Å²) in [5.41, 5.74) is 2.72. The molecule has 8 heteroatoms. The van der Waals surface area contributed by atoms with Crippen LogP contribution in [0.2, 0.25) is 0 Å². The molecule has 0 aliphatic rings. The SMILES string of the molecule is COC(=O)CS(=O)(=O)Nc1ccc(C)cc1Cc1ccc(F)c(OC)c1. The van der Waals surface area contributed by atoms with Gasteiger partial charge in [0, 0.05) is 0 Å². The van der Waals surface area contributed by atoms with E-state index in [9.17, 15) is 17.6 Å². The molecular formula is C18H20FNO5S. The van der Waals surface area contributed by atoms with E-state index in [1.807, 2.05) is 13.0 Å². The molecule has 0 aliphatic heterocycles. The highest BCUT2D eigenvalue weighted by atomic mass is 32.2. The first-order chi connectivity index (χ1) is 12.2. The Kier molecular flexibility index (Phi) is 6.20. The van der Waals surface area contributed by atoms with E-state index in [2.05, 4.69) is 9.46 Å². The van der Waals surface area contributed by atoms with Gasteiger partial charge in [-0.3, -0.25) is 9.52 Å². The van der Waals surface area contributed by atoms with E-state index in [0.29, 0.717) is 17.7 Å². The second-order valence-corrected chi connectivity index (χ2v) is 7.47. The quantitative estimate of drug-likeness (QED) is 0.746. The topological polar surface area (TPSA) is 81.7 Å². The zero-order valence-electron chi connectivity index (χ0n) is 14.7. The van der Waals surface area contributed by atoms with E-state index < -0.39 is 27.6 Å². The smallest absolute Gasteiger partial charge is 0.322 e. The number of anilines is 1. The second kappa shape index (κ2) is 8.18. The third-order valence-electron chi connectivity index (χ3n) is 3.67. The maximum Gasteiger partial charge on any atom is 0.322 e. The van der Waals surface area contributed by atoms with Crippen molar-refractivity contribution in [1.82, 2.24) is 0 Å². The Morgan fingerprint density at radius 3 is 2.54 bits per heavy atom. The minimum Gasteiger partial charge on any atom is -0.494 e. The summed E-state index contributed by atoms with van der Waals surface area (Å²) in [6, 6.07) is 9.67. The van der Waals surface area contributed by atoms with Gasteiger partial charge in [-0.2, -0.15) is 0 Å². The fourth-order valence-electron chi connectivity index (χ4n) is 2.42. The van der Waals surface area contributed by atoms with Gasteiger partial charge in [-0.15, -0.1) is 0 Å². The molecule has 0 atom stereocenters. The van der Waals surface area contributed by atoms with E-state index >= 15 is 0 Å². The Morgan fingerprint density at radius 1 is 1.15 bits per heavy atom. The number of carbonyl (C=O) groups is 1. The monoisotopic (exact) mass is 381 g/mol. The van der Waals surface area contributed by atoms with Gasteiger partial charge in [0.25, 0.3) is 0 Å². The molecule has 2 aromatic carbocycles. The Hall–Kier alpha value is -2.61. The summed E-state index contributed by atoms with van der Waals surface area (Å²) in [4.78, 5) is 11.3. The van der Waals surface area contributed by atoms with Gasteiger partial charge in [-0.25, -0.2) is 12.8 Å². The summed E-state index contributed by atoms with van der Waals surface area (Å²) in [5.74, 6) is -1.99. The zero-order valence-corrected chi connectivity index (χ0v) is 15.5. The highest BCUT2D eigenvalue weighted by Crippen LogP contribution is 2.25. The number of halogens is 1. The van der Waals surface area contributed by atoms with E-state index in [-0.39, 0.29) is 5.75 Å². The third kappa shape index (κ3) is 5.19. The maximum absolute atomic E-state index is 13.6. The number of sulfonamides is 1. The van der Waals surface area contributed by atoms with E-state index in [1.54, 1.807) is 24.3 Å². The van der Waals surface area contributed by atoms with Crippen LogP contribution in [0.1, 0.15) is 16.7 Å². The average Bonchev–Trinajstić information content (AvgIpc) is 2.58. The fourth-order valence-corrected chi connectivity index (χ4v) is 3.45. The number of hydrogen-bond donors (Lipinski definition) is 1. The number of ether oxygens (including phenoxy) is 2. The van der Waals surface area contributed by atoms with Crippen LogP contribution in [-0.2, 0) is 26.0 Å². The molecular weight excluding hydrogens is 361 g/mol. The Balaban J connectivity index is 2.32. The zero-order chi connectivity index (χ0) is 19.3. The molecule has 0 saturated heterocycles. The van der Waals surface area contributed by atoms with Crippen molar-refractivity contribution in [2.24, 2.45) is 0 Å². The number of benzene rings is 2. The predicted octanol–water partition coefficient (Wildman–Crippen LogP) is 2.65. The molecule has 0 aliphatic carbocycles. The molecule has 0 aromatic heterocycles. The van der Waals surface area contributed by atoms with Gasteiger partial charge in [0.15, 0.2) is 17.3 Å². The number of rotatable bonds is 7. The molecule has 1 N–H and O–H groups in total. The molecule has 2 rings (SSSR count). The number of aryl methyl sites for hydroxylation is 1. The van der Waals surface area contributed by atoms with Crippen molar-refractivity contribution in [3.8, 4) is 5.75 Å². The molecule has 0 heterocycles. The summed E-state index contributed by atoms with van der Waals surface area (Å²) in [6.07, 6.45) is 0.356. The highest BCUT2D eigenvalue weighted by Gasteiger charge is 2.18. The molecule has 0 unspecified atom stereocenters. The van der Waals surface area contributed by atoms with Crippen LogP contribution >= 0.6 is 0 Å². The number of methoxy groups -OCH3 is 2. The molecule has 0 bridgehead atoms. The van der Waals surface area contributed by atoms with Crippen LogP contribution in [0, 0.1) is 12.7 Å². The van der Waals surface area contributed by atoms with Gasteiger partial charge in [-0.1, -0.05) is 23.8 Å². The number of hydrogen-bond acceptors (Lipinski definition) is 5. The van der Waals surface area contributed by atoms with Gasteiger partial charge in [0.1, 0.15) is 0 Å². The van der Waals surface area contributed by atoms with Crippen molar-refractivity contribution in [3.63, 3.8) is 0 Å². The summed E-state index contributed by atoms with van der Waals surface area (Å²) in [7, 11) is -1.40. The summed E-state index contributed by atoms with van der Waals surface area (Å²) in [6.45, 7) is 1.88. The Labute approximate surface area is 152 Å². The summed E-state index contributed by atoms with van der Waals surface area (Å²) in [5, 5.41) is 0. The lowest BCUT2D eigenvalue weighted by Gasteiger charge is -2.14. The van der Waals surface area contributed by atoms with Crippen molar-refractivity contribution >= 4 is 21.7 Å². The normalized spacial score (nSPS) is 11.1. The Bertz CT molecular complexity index is 912. The maximum atomic E-state index is 13.6. The molecule has 0 spiro atoms. The van der Waals surface area contributed by atoms with Gasteiger partial charge < -0.3 is 9.47 Å². The number of esters is 1. The van der Waals surface area contributed by atoms with Crippen LogP contribution in [0.3, 0.4) is 0 Å².